The number of carbonyl (C=O) groups is 1. The zero-order valence-electron chi connectivity index (χ0n) is 44.4. The lowest BCUT2D eigenvalue weighted by Crippen LogP contribution is -2.17. The molecular formula is C64H84N6O2S2. The van der Waals surface area contributed by atoms with Crippen LogP contribution >= 0.6 is 23.5 Å². The van der Waals surface area contributed by atoms with E-state index in [4.69, 9.17) is 9.73 Å². The third-order valence-corrected chi connectivity index (χ3v) is 18.0. The van der Waals surface area contributed by atoms with Crippen molar-refractivity contribution in [3.05, 3.63) is 138 Å². The average Bonchev–Trinajstić information content (AvgIpc) is 4.21. The number of nitrogens with zero attached hydrogens (tertiary/aromatic N) is 6. The van der Waals surface area contributed by atoms with Gasteiger partial charge in [-0.25, -0.2) is 9.79 Å². The quantitative estimate of drug-likeness (QED) is 0.0217. The summed E-state index contributed by atoms with van der Waals surface area (Å²) in [6.45, 7) is 6.25. The second kappa shape index (κ2) is 31.3. The molecular weight excluding hydrogens is 949 g/mol. The van der Waals surface area contributed by atoms with Crippen LogP contribution in [-0.4, -0.2) is 41.5 Å². The molecule has 394 valence electrons. The van der Waals surface area contributed by atoms with Crippen molar-refractivity contribution in [2.45, 2.75) is 190 Å². The van der Waals surface area contributed by atoms with Gasteiger partial charge in [0, 0.05) is 24.9 Å². The molecule has 0 bridgehead atoms. The van der Waals surface area contributed by atoms with Gasteiger partial charge in [-0.3, -0.25) is 0 Å². The number of thioether (sulfide) groups is 2. The number of ether oxygens (including phenoxy) is 1. The average molecular weight is 1030 g/mol. The van der Waals surface area contributed by atoms with Gasteiger partial charge in [0.1, 0.15) is 10.4 Å². The molecule has 0 spiro atoms. The third kappa shape index (κ3) is 18.8. The predicted molar refractivity (Wildman–Crippen MR) is 315 cm³/mol. The summed E-state index contributed by atoms with van der Waals surface area (Å²) in [4.78, 5) is 18.3. The van der Waals surface area contributed by atoms with E-state index >= 15 is 0 Å². The molecule has 0 N–H and O–H groups in total. The van der Waals surface area contributed by atoms with Crippen LogP contribution in [0.1, 0.15) is 183 Å². The van der Waals surface area contributed by atoms with E-state index in [-0.39, 0.29) is 16.6 Å². The number of aliphatic imine (C=N–C) groups is 1. The number of benzene rings is 4. The van der Waals surface area contributed by atoms with Gasteiger partial charge >= 0.3 is 5.97 Å². The normalized spacial score (nSPS) is 19.6. The van der Waals surface area contributed by atoms with Crippen molar-refractivity contribution < 1.29 is 9.53 Å². The highest BCUT2D eigenvalue weighted by molar-refractivity contribution is 8.16. The first-order valence-electron chi connectivity index (χ1n) is 28.9. The summed E-state index contributed by atoms with van der Waals surface area (Å²) in [5.74, 6) is 1.36. The number of azo groups is 2. The van der Waals surface area contributed by atoms with E-state index in [1.54, 1.807) is 29.1 Å². The summed E-state index contributed by atoms with van der Waals surface area (Å²) >= 11 is 3.31. The molecule has 10 heteroatoms. The summed E-state index contributed by atoms with van der Waals surface area (Å²) in [6, 6.07) is 35.9. The minimum atomic E-state index is -0.305. The molecule has 2 unspecified atom stereocenters. The number of carbonyl (C=O) groups excluding carboxylic acids is 1. The Balaban J connectivity index is 0.600. The van der Waals surface area contributed by atoms with Crippen molar-refractivity contribution in [1.82, 2.24) is 0 Å². The molecule has 1 saturated heterocycles. The van der Waals surface area contributed by atoms with Crippen LogP contribution in [0.4, 0.5) is 17.1 Å². The van der Waals surface area contributed by atoms with Crippen LogP contribution in [0, 0.1) is 5.92 Å². The molecule has 3 aliphatic heterocycles. The maximum Gasteiger partial charge on any atom is 0.330 e. The zero-order chi connectivity index (χ0) is 50.8. The lowest BCUT2D eigenvalue weighted by atomic mass is 9.77. The first-order chi connectivity index (χ1) is 36.5. The first-order valence-corrected chi connectivity index (χ1v) is 30.7. The summed E-state index contributed by atoms with van der Waals surface area (Å²) in [5, 5.41) is 19.9. The standard InChI is InChI=1S/C64H84N6O2S2/c1-2-62(71)72-48-22-16-12-8-4-3-5-9-13-17-23-50-26-32-53(33-27-50)55-36-38-56(39-37-55)54-34-28-51(29-35-54)24-18-14-10-6-7-11-15-19-25-52-30-40-57(41-31-52)66-68-61-49-60-63(74-61)65-64(73-60)69-67-58-42-44-59(45-43-58)70-46-20-21-47-70/h2,28-31,34-45,49-50,53,60,63H,1,3-27,32-33,46-48H2. The lowest BCUT2D eigenvalue weighted by molar-refractivity contribution is -0.137. The molecule has 0 amide bonds. The van der Waals surface area contributed by atoms with E-state index in [2.05, 4.69) is 123 Å². The fraction of sp³-hybridized carbons (Fsp3) is 0.531. The van der Waals surface area contributed by atoms with Gasteiger partial charge in [-0.05, 0) is 153 Å². The molecule has 4 aliphatic rings. The first kappa shape index (κ1) is 55.4. The fourth-order valence-corrected chi connectivity index (χ4v) is 13.4. The predicted octanol–water partition coefficient (Wildman–Crippen LogP) is 19.4. The highest BCUT2D eigenvalue weighted by Gasteiger charge is 2.36. The number of rotatable bonds is 31. The number of amidine groups is 1. The van der Waals surface area contributed by atoms with Gasteiger partial charge in [0.2, 0.25) is 5.17 Å². The molecule has 1 saturated carbocycles. The highest BCUT2D eigenvalue weighted by Crippen LogP contribution is 2.46. The SMILES string of the molecule is C=CC(=O)OCCCCCCCCCCCCC1CCC(c2ccc(-c3ccc(CCCCCCCCCCc4ccc(N=NC5=CC6SC(N=Nc7ccc(N8CCCC8)cc7)=NC6S5)cc4)cc3)cc2)CC1. The van der Waals surface area contributed by atoms with Crippen molar-refractivity contribution in [1.29, 1.82) is 0 Å². The molecule has 4 aromatic rings. The van der Waals surface area contributed by atoms with Gasteiger partial charge < -0.3 is 9.64 Å². The van der Waals surface area contributed by atoms with Crippen LogP contribution in [-0.2, 0) is 22.4 Å². The maximum atomic E-state index is 11.1. The summed E-state index contributed by atoms with van der Waals surface area (Å²) in [7, 11) is 0. The number of hydrogen-bond donors (Lipinski definition) is 0. The van der Waals surface area contributed by atoms with Gasteiger partial charge in [-0.2, -0.15) is 5.11 Å². The lowest BCUT2D eigenvalue weighted by Gasteiger charge is -2.29. The fourth-order valence-electron chi connectivity index (χ4n) is 11.2. The second-order valence-corrected chi connectivity index (χ2v) is 23.6. The smallest absolute Gasteiger partial charge is 0.330 e. The molecule has 74 heavy (non-hydrogen) atoms. The minimum absolute atomic E-state index is 0.0831. The molecule has 0 aromatic heterocycles. The Labute approximate surface area is 453 Å². The van der Waals surface area contributed by atoms with Crippen LogP contribution in [0.15, 0.2) is 146 Å². The van der Waals surface area contributed by atoms with Gasteiger partial charge in [0.05, 0.1) is 23.2 Å². The van der Waals surface area contributed by atoms with E-state index < -0.39 is 0 Å². The van der Waals surface area contributed by atoms with Gasteiger partial charge in [-0.1, -0.05) is 193 Å². The van der Waals surface area contributed by atoms with Crippen molar-refractivity contribution in [2.24, 2.45) is 31.4 Å². The summed E-state index contributed by atoms with van der Waals surface area (Å²) < 4.78 is 5.05. The van der Waals surface area contributed by atoms with Crippen LogP contribution in [0.5, 0.6) is 0 Å². The topological polar surface area (TPSA) is 91.3 Å². The monoisotopic (exact) mass is 1030 g/mol. The van der Waals surface area contributed by atoms with E-state index in [1.807, 2.05) is 12.1 Å². The molecule has 3 heterocycles. The summed E-state index contributed by atoms with van der Waals surface area (Å²) in [5.41, 5.74) is 10.1. The Morgan fingerprint density at radius 3 is 1.68 bits per heavy atom. The molecule has 0 radical (unpaired) electrons. The van der Waals surface area contributed by atoms with E-state index in [9.17, 15) is 4.79 Å². The summed E-state index contributed by atoms with van der Waals surface area (Å²) in [6.07, 6.45) is 38.7. The number of aryl methyl sites for hydroxylation is 2. The van der Waals surface area contributed by atoms with Crippen molar-refractivity contribution in [3.8, 4) is 11.1 Å². The zero-order valence-corrected chi connectivity index (χ0v) is 46.1. The van der Waals surface area contributed by atoms with Crippen molar-refractivity contribution in [2.75, 3.05) is 24.6 Å². The Hall–Kier alpha value is -4.80. The van der Waals surface area contributed by atoms with Gasteiger partial charge in [0.25, 0.3) is 0 Å². The number of anilines is 1. The molecule has 8 nitrogen and oxygen atoms in total. The molecule has 1 aliphatic carbocycles. The largest absolute Gasteiger partial charge is 0.463 e. The van der Waals surface area contributed by atoms with E-state index in [1.165, 1.54) is 188 Å². The number of esters is 1. The molecule has 2 fully saturated rings. The van der Waals surface area contributed by atoms with Crippen molar-refractivity contribution >= 4 is 51.7 Å². The van der Waals surface area contributed by atoms with E-state index in [0.717, 1.165) is 65.8 Å². The Morgan fingerprint density at radius 2 is 1.09 bits per heavy atom. The van der Waals surface area contributed by atoms with Crippen LogP contribution in [0.2, 0.25) is 0 Å². The Kier molecular flexibility index (Phi) is 23.4. The number of fused-ring (bicyclic) bond motifs is 1. The minimum Gasteiger partial charge on any atom is -0.463 e. The number of unbranched alkanes of at least 4 members (excludes halogenated alkanes) is 16. The molecule has 8 rings (SSSR count). The maximum absolute atomic E-state index is 11.1. The second-order valence-electron chi connectivity index (χ2n) is 21.3. The van der Waals surface area contributed by atoms with E-state index in [0.29, 0.717) is 6.61 Å². The van der Waals surface area contributed by atoms with Crippen LogP contribution in [0.3, 0.4) is 0 Å². The highest BCUT2D eigenvalue weighted by atomic mass is 32.2. The number of hydrogen-bond acceptors (Lipinski definition) is 10. The van der Waals surface area contributed by atoms with Crippen LogP contribution < -0.4 is 4.90 Å². The third-order valence-electron chi connectivity index (χ3n) is 15.7. The molecule has 2 atom stereocenters. The van der Waals surface area contributed by atoms with Crippen molar-refractivity contribution in [3.63, 3.8) is 0 Å². The van der Waals surface area contributed by atoms with Gasteiger partial charge in [0.15, 0.2) is 0 Å². The Morgan fingerprint density at radius 1 is 0.581 bits per heavy atom. The molecule has 4 aromatic carbocycles. The van der Waals surface area contributed by atoms with Crippen LogP contribution in [0.25, 0.3) is 11.1 Å². The Bertz CT molecular complexity index is 2400. The van der Waals surface area contributed by atoms with Gasteiger partial charge in [-0.15, -0.1) is 15.3 Å².